The van der Waals surface area contributed by atoms with Gasteiger partial charge in [0, 0.05) is 12.6 Å². The van der Waals surface area contributed by atoms with E-state index in [0.717, 1.165) is 18.3 Å². The molecule has 0 spiro atoms. The summed E-state index contributed by atoms with van der Waals surface area (Å²) in [6.07, 6.45) is 7.99. The number of nitrogens with zero attached hydrogens (tertiary/aromatic N) is 1. The molecule has 1 aliphatic heterocycles. The summed E-state index contributed by atoms with van der Waals surface area (Å²) in [7, 11) is 0. The lowest BCUT2D eigenvalue weighted by Crippen LogP contribution is -2.43. The molecule has 4 heteroatoms. The van der Waals surface area contributed by atoms with Crippen LogP contribution in [0, 0.1) is 5.92 Å². The number of likely N-dealkylation sites (tertiary alicyclic amines) is 1. The second-order valence-electron chi connectivity index (χ2n) is 6.82. The molecule has 1 aromatic rings. The van der Waals surface area contributed by atoms with Gasteiger partial charge in [-0.25, -0.2) is 0 Å². The largest absolute Gasteiger partial charge is 0.484 e. The minimum Gasteiger partial charge on any atom is -0.484 e. The minimum atomic E-state index is -0.0212. The van der Waals surface area contributed by atoms with Crippen molar-refractivity contribution in [2.45, 2.75) is 44.6 Å². The van der Waals surface area contributed by atoms with Gasteiger partial charge in [0.25, 0.3) is 5.91 Å². The quantitative estimate of drug-likeness (QED) is 0.877. The van der Waals surface area contributed by atoms with Crippen LogP contribution in [0.2, 0.25) is 0 Å². The lowest BCUT2D eigenvalue weighted by atomic mass is 9.95. The topological polar surface area (TPSA) is 41.6 Å². The Morgan fingerprint density at radius 1 is 1.09 bits per heavy atom. The molecule has 2 fully saturated rings. The van der Waals surface area contributed by atoms with E-state index in [1.165, 1.54) is 51.6 Å². The van der Waals surface area contributed by atoms with E-state index in [0.29, 0.717) is 5.92 Å². The number of hydrogen-bond acceptors (Lipinski definition) is 3. The SMILES string of the molecule is O=C(COc1ccccc1)NCC1CCN(C2CCCC2)CC1. The van der Waals surface area contributed by atoms with Gasteiger partial charge in [-0.15, -0.1) is 0 Å². The van der Waals surface area contributed by atoms with Crippen molar-refractivity contribution in [3.05, 3.63) is 30.3 Å². The zero-order valence-electron chi connectivity index (χ0n) is 13.9. The van der Waals surface area contributed by atoms with Gasteiger partial charge in [0.2, 0.25) is 0 Å². The summed E-state index contributed by atoms with van der Waals surface area (Å²) in [6, 6.07) is 10.3. The van der Waals surface area contributed by atoms with Gasteiger partial charge in [-0.05, 0) is 56.8 Å². The van der Waals surface area contributed by atoms with Crippen molar-refractivity contribution in [2.24, 2.45) is 5.92 Å². The van der Waals surface area contributed by atoms with Crippen molar-refractivity contribution < 1.29 is 9.53 Å². The van der Waals surface area contributed by atoms with E-state index in [4.69, 9.17) is 4.74 Å². The molecule has 1 aliphatic carbocycles. The highest BCUT2D eigenvalue weighted by Crippen LogP contribution is 2.27. The van der Waals surface area contributed by atoms with Gasteiger partial charge in [0.05, 0.1) is 0 Å². The van der Waals surface area contributed by atoms with Crippen molar-refractivity contribution in [1.82, 2.24) is 10.2 Å². The summed E-state index contributed by atoms with van der Waals surface area (Å²) >= 11 is 0. The second kappa shape index (κ2) is 8.34. The van der Waals surface area contributed by atoms with Gasteiger partial charge in [-0.1, -0.05) is 31.0 Å². The predicted molar refractivity (Wildman–Crippen MR) is 91.5 cm³/mol. The molecule has 0 radical (unpaired) electrons. The maximum Gasteiger partial charge on any atom is 0.257 e. The molecule has 126 valence electrons. The Morgan fingerprint density at radius 2 is 1.78 bits per heavy atom. The normalized spacial score (nSPS) is 20.5. The molecule has 1 saturated carbocycles. The van der Waals surface area contributed by atoms with Crippen LogP contribution in [0.1, 0.15) is 38.5 Å². The predicted octanol–water partition coefficient (Wildman–Crippen LogP) is 2.84. The van der Waals surface area contributed by atoms with Crippen LogP contribution in [0.3, 0.4) is 0 Å². The van der Waals surface area contributed by atoms with Crippen LogP contribution in [0.4, 0.5) is 0 Å². The fourth-order valence-electron chi connectivity index (χ4n) is 3.77. The van der Waals surface area contributed by atoms with Crippen LogP contribution >= 0.6 is 0 Å². The molecule has 1 aromatic carbocycles. The summed E-state index contributed by atoms with van der Waals surface area (Å²) in [6.45, 7) is 3.29. The second-order valence-corrected chi connectivity index (χ2v) is 6.82. The Labute approximate surface area is 139 Å². The van der Waals surface area contributed by atoms with Crippen LogP contribution in [0.25, 0.3) is 0 Å². The van der Waals surface area contributed by atoms with Crippen molar-refractivity contribution in [3.63, 3.8) is 0 Å². The molecule has 4 nitrogen and oxygen atoms in total. The molecule has 0 unspecified atom stereocenters. The van der Waals surface area contributed by atoms with Crippen LogP contribution < -0.4 is 10.1 Å². The fourth-order valence-corrected chi connectivity index (χ4v) is 3.77. The zero-order chi connectivity index (χ0) is 15.9. The first-order valence-corrected chi connectivity index (χ1v) is 9.00. The third kappa shape index (κ3) is 4.96. The van der Waals surface area contributed by atoms with Crippen molar-refractivity contribution in [2.75, 3.05) is 26.2 Å². The molecule has 0 bridgehead atoms. The first-order valence-electron chi connectivity index (χ1n) is 9.00. The number of nitrogens with one attached hydrogen (secondary N) is 1. The van der Waals surface area contributed by atoms with E-state index < -0.39 is 0 Å². The average molecular weight is 316 g/mol. The Hall–Kier alpha value is -1.55. The molecular formula is C19H28N2O2. The number of carbonyl (C=O) groups is 1. The Balaban J connectivity index is 1.31. The molecule has 3 rings (SSSR count). The lowest BCUT2D eigenvalue weighted by molar-refractivity contribution is -0.123. The zero-order valence-corrected chi connectivity index (χ0v) is 13.9. The lowest BCUT2D eigenvalue weighted by Gasteiger charge is -2.36. The van der Waals surface area contributed by atoms with E-state index in [-0.39, 0.29) is 12.5 Å². The fraction of sp³-hybridized carbons (Fsp3) is 0.632. The maximum absolute atomic E-state index is 11.9. The van der Waals surface area contributed by atoms with Gasteiger partial charge in [-0.3, -0.25) is 4.79 Å². The number of benzene rings is 1. The number of rotatable bonds is 6. The standard InChI is InChI=1S/C19H28N2O2/c22-19(15-23-18-8-2-1-3-9-18)20-14-16-10-12-21(13-11-16)17-6-4-5-7-17/h1-3,8-9,16-17H,4-7,10-15H2,(H,20,22). The van der Waals surface area contributed by atoms with Gasteiger partial charge in [0.1, 0.15) is 5.75 Å². The third-order valence-corrected chi connectivity index (χ3v) is 5.19. The van der Waals surface area contributed by atoms with Crippen LogP contribution in [-0.2, 0) is 4.79 Å². The van der Waals surface area contributed by atoms with E-state index in [1.807, 2.05) is 30.3 Å². The van der Waals surface area contributed by atoms with Gasteiger partial charge < -0.3 is 15.0 Å². The first kappa shape index (κ1) is 16.3. The molecule has 0 atom stereocenters. The summed E-state index contributed by atoms with van der Waals surface area (Å²) in [4.78, 5) is 14.6. The van der Waals surface area contributed by atoms with Crippen molar-refractivity contribution in [1.29, 1.82) is 0 Å². The number of para-hydroxylation sites is 1. The molecule has 1 heterocycles. The molecule has 1 saturated heterocycles. The Kier molecular flexibility index (Phi) is 5.92. The molecule has 2 aliphatic rings. The van der Waals surface area contributed by atoms with Gasteiger partial charge >= 0.3 is 0 Å². The molecule has 1 amide bonds. The summed E-state index contributed by atoms with van der Waals surface area (Å²) in [5.41, 5.74) is 0. The summed E-state index contributed by atoms with van der Waals surface area (Å²) < 4.78 is 5.47. The molecular weight excluding hydrogens is 288 g/mol. The third-order valence-electron chi connectivity index (χ3n) is 5.19. The number of piperidine rings is 1. The van der Waals surface area contributed by atoms with Crippen molar-refractivity contribution >= 4 is 5.91 Å². The number of carbonyl (C=O) groups excluding carboxylic acids is 1. The maximum atomic E-state index is 11.9. The number of ether oxygens (including phenoxy) is 1. The monoisotopic (exact) mass is 316 g/mol. The van der Waals surface area contributed by atoms with Crippen molar-refractivity contribution in [3.8, 4) is 5.75 Å². The average Bonchev–Trinajstić information content (AvgIpc) is 3.14. The first-order chi connectivity index (χ1) is 11.3. The van der Waals surface area contributed by atoms with E-state index in [1.54, 1.807) is 0 Å². The van der Waals surface area contributed by atoms with Gasteiger partial charge in [0.15, 0.2) is 6.61 Å². The summed E-state index contributed by atoms with van der Waals surface area (Å²) in [5.74, 6) is 1.34. The van der Waals surface area contributed by atoms with Crippen LogP contribution in [0.5, 0.6) is 5.75 Å². The number of hydrogen-bond donors (Lipinski definition) is 1. The molecule has 0 aromatic heterocycles. The highest BCUT2D eigenvalue weighted by molar-refractivity contribution is 5.77. The highest BCUT2D eigenvalue weighted by atomic mass is 16.5. The smallest absolute Gasteiger partial charge is 0.257 e. The number of amides is 1. The molecule has 23 heavy (non-hydrogen) atoms. The Morgan fingerprint density at radius 3 is 2.48 bits per heavy atom. The molecule has 1 N–H and O–H groups in total. The minimum absolute atomic E-state index is 0.0212. The van der Waals surface area contributed by atoms with Crippen LogP contribution in [-0.4, -0.2) is 43.1 Å². The van der Waals surface area contributed by atoms with E-state index >= 15 is 0 Å². The summed E-state index contributed by atoms with van der Waals surface area (Å²) in [5, 5.41) is 3.02. The van der Waals surface area contributed by atoms with E-state index in [9.17, 15) is 4.79 Å². The Bertz CT molecular complexity index is 477. The van der Waals surface area contributed by atoms with Crippen LogP contribution in [0.15, 0.2) is 30.3 Å². The van der Waals surface area contributed by atoms with E-state index in [2.05, 4.69) is 10.2 Å². The van der Waals surface area contributed by atoms with Gasteiger partial charge in [-0.2, -0.15) is 0 Å². The highest BCUT2D eigenvalue weighted by Gasteiger charge is 2.27.